The highest BCUT2D eigenvalue weighted by molar-refractivity contribution is 5.95. The van der Waals surface area contributed by atoms with Crippen molar-refractivity contribution in [1.29, 1.82) is 0 Å². The van der Waals surface area contributed by atoms with Gasteiger partial charge in [0.25, 0.3) is 11.8 Å². The Morgan fingerprint density at radius 2 is 1.65 bits per heavy atom. The molecule has 0 bridgehead atoms. The Bertz CT molecular complexity index is 870. The van der Waals surface area contributed by atoms with E-state index in [1.54, 1.807) is 66.7 Å². The number of esters is 1. The molecule has 0 aliphatic heterocycles. The predicted octanol–water partition coefficient (Wildman–Crippen LogP) is 2.53. The molecule has 0 unspecified atom stereocenters. The summed E-state index contributed by atoms with van der Waals surface area (Å²) in [6, 6.07) is 15.3. The fourth-order valence-corrected chi connectivity index (χ4v) is 3.09. The van der Waals surface area contributed by atoms with Crippen molar-refractivity contribution in [1.82, 2.24) is 10.6 Å². The number of rotatable bonds is 11. The summed E-state index contributed by atoms with van der Waals surface area (Å²) in [6.07, 6.45) is 1.72. The van der Waals surface area contributed by atoms with E-state index in [0.717, 1.165) is 0 Å². The summed E-state index contributed by atoms with van der Waals surface area (Å²) < 4.78 is 4.76. The number of aliphatic hydroxyl groups is 1. The maximum Gasteiger partial charge on any atom is 0.328 e. The number of hydrogen-bond donors (Lipinski definition) is 3. The molecule has 0 aliphatic carbocycles. The van der Waals surface area contributed by atoms with Crippen molar-refractivity contribution < 1.29 is 24.2 Å². The van der Waals surface area contributed by atoms with E-state index in [0.29, 0.717) is 30.4 Å². The van der Waals surface area contributed by atoms with Crippen molar-refractivity contribution in [3.63, 3.8) is 0 Å². The lowest BCUT2D eigenvalue weighted by Crippen LogP contribution is -2.50. The molecule has 3 atom stereocenters. The lowest BCUT2D eigenvalue weighted by atomic mass is 9.99. The normalized spacial score (nSPS) is 13.4. The second kappa shape index (κ2) is 12.3. The number of aliphatic hydroxyl groups excluding tert-OH is 1. The molecule has 2 rings (SSSR count). The largest absolute Gasteiger partial charge is 0.467 e. The van der Waals surface area contributed by atoms with E-state index in [-0.39, 0.29) is 0 Å². The van der Waals surface area contributed by atoms with Gasteiger partial charge in [0.15, 0.2) is 6.10 Å². The summed E-state index contributed by atoms with van der Waals surface area (Å²) in [4.78, 5) is 37.5. The van der Waals surface area contributed by atoms with Crippen LogP contribution in [-0.4, -0.2) is 42.1 Å². The summed E-state index contributed by atoms with van der Waals surface area (Å²) in [5.41, 5.74) is 0.948. The van der Waals surface area contributed by atoms with E-state index in [2.05, 4.69) is 17.2 Å². The first-order valence-corrected chi connectivity index (χ1v) is 10.1. The van der Waals surface area contributed by atoms with Crippen LogP contribution in [0.1, 0.15) is 41.2 Å². The number of carbonyl (C=O) groups is 3. The molecule has 0 radical (unpaired) electrons. The minimum atomic E-state index is -1.62. The van der Waals surface area contributed by atoms with Gasteiger partial charge >= 0.3 is 5.97 Å². The summed E-state index contributed by atoms with van der Waals surface area (Å²) in [5.74, 6) is -1.82. The van der Waals surface area contributed by atoms with Crippen LogP contribution < -0.4 is 10.6 Å². The van der Waals surface area contributed by atoms with Crippen molar-refractivity contribution >= 4 is 17.8 Å². The van der Waals surface area contributed by atoms with Crippen LogP contribution >= 0.6 is 0 Å². The number of nitrogens with one attached hydrogen (secondary N) is 2. The van der Waals surface area contributed by atoms with Gasteiger partial charge in [0.1, 0.15) is 6.04 Å². The molecule has 2 aromatic carbocycles. The fourth-order valence-electron chi connectivity index (χ4n) is 3.09. The zero-order valence-electron chi connectivity index (χ0n) is 17.5. The fraction of sp³-hybridized carbons (Fsp3) is 0.292. The Morgan fingerprint density at radius 3 is 2.23 bits per heavy atom. The van der Waals surface area contributed by atoms with Crippen molar-refractivity contribution in [2.45, 2.75) is 37.5 Å². The van der Waals surface area contributed by atoms with Gasteiger partial charge in [-0.2, -0.15) is 0 Å². The third kappa shape index (κ3) is 7.08. The molecule has 3 N–H and O–H groups in total. The van der Waals surface area contributed by atoms with Gasteiger partial charge < -0.3 is 20.5 Å². The molecule has 7 heteroatoms. The van der Waals surface area contributed by atoms with Crippen LogP contribution in [0.4, 0.5) is 0 Å². The molecule has 0 fully saturated rings. The van der Waals surface area contributed by atoms with E-state index in [1.165, 1.54) is 7.11 Å². The third-order valence-corrected chi connectivity index (χ3v) is 4.77. The average molecular weight is 424 g/mol. The van der Waals surface area contributed by atoms with Gasteiger partial charge in [0.05, 0.1) is 13.2 Å². The first-order chi connectivity index (χ1) is 15.0. The topological polar surface area (TPSA) is 105 Å². The Morgan fingerprint density at radius 1 is 1.03 bits per heavy atom. The molecule has 0 aromatic heterocycles. The molecule has 2 amide bonds. The van der Waals surface area contributed by atoms with E-state index in [4.69, 9.17) is 4.74 Å². The minimum Gasteiger partial charge on any atom is -0.467 e. The zero-order valence-corrected chi connectivity index (χ0v) is 17.5. The first kappa shape index (κ1) is 23.8. The number of carbonyl (C=O) groups excluding carboxylic acids is 3. The summed E-state index contributed by atoms with van der Waals surface area (Å²) in [5, 5.41) is 16.1. The van der Waals surface area contributed by atoms with Crippen molar-refractivity contribution in [3.8, 4) is 0 Å². The lowest BCUT2D eigenvalue weighted by molar-refractivity contribution is -0.146. The molecule has 0 heterocycles. The number of ether oxygens (including phenoxy) is 1. The third-order valence-electron chi connectivity index (χ3n) is 4.77. The second-order valence-electron chi connectivity index (χ2n) is 6.98. The highest BCUT2D eigenvalue weighted by atomic mass is 16.5. The molecule has 0 spiro atoms. The van der Waals surface area contributed by atoms with E-state index >= 15 is 0 Å². The summed E-state index contributed by atoms with van der Waals surface area (Å²) >= 11 is 0. The van der Waals surface area contributed by atoms with Crippen LogP contribution in [-0.2, 0) is 14.3 Å². The van der Waals surface area contributed by atoms with Gasteiger partial charge in [-0.05, 0) is 37.0 Å². The second-order valence-corrected chi connectivity index (χ2v) is 6.98. The van der Waals surface area contributed by atoms with Gasteiger partial charge in [-0.25, -0.2) is 4.79 Å². The van der Waals surface area contributed by atoms with E-state index in [9.17, 15) is 19.5 Å². The minimum absolute atomic E-state index is 0.337. The number of methoxy groups -OCH3 is 1. The summed E-state index contributed by atoms with van der Waals surface area (Å²) in [7, 11) is 1.23. The molecule has 7 nitrogen and oxygen atoms in total. The van der Waals surface area contributed by atoms with Crippen LogP contribution in [0.2, 0.25) is 0 Å². The van der Waals surface area contributed by atoms with E-state index < -0.39 is 36.0 Å². The van der Waals surface area contributed by atoms with Crippen LogP contribution in [0, 0.1) is 0 Å². The number of hydrogen-bond acceptors (Lipinski definition) is 5. The maximum absolute atomic E-state index is 12.8. The monoisotopic (exact) mass is 424 g/mol. The highest BCUT2D eigenvalue weighted by Gasteiger charge is 2.32. The predicted molar refractivity (Wildman–Crippen MR) is 117 cm³/mol. The number of unbranched alkanes of at least 4 members (excludes halogenated alkanes) is 1. The Kier molecular flexibility index (Phi) is 9.45. The molecule has 31 heavy (non-hydrogen) atoms. The van der Waals surface area contributed by atoms with Crippen LogP contribution in [0.3, 0.4) is 0 Å². The summed E-state index contributed by atoms with van der Waals surface area (Å²) in [6.45, 7) is 3.64. The Labute approximate surface area is 182 Å². The van der Waals surface area contributed by atoms with Crippen molar-refractivity contribution in [2.24, 2.45) is 0 Å². The number of allylic oxidation sites excluding steroid dienone is 1. The van der Waals surface area contributed by atoms with Gasteiger partial charge in [0.2, 0.25) is 0 Å². The van der Waals surface area contributed by atoms with Crippen LogP contribution in [0.25, 0.3) is 0 Å². The Balaban J connectivity index is 2.19. The molecule has 164 valence electrons. The van der Waals surface area contributed by atoms with Gasteiger partial charge in [-0.15, -0.1) is 6.58 Å². The zero-order chi connectivity index (χ0) is 22.6. The quantitative estimate of drug-likeness (QED) is 0.292. The van der Waals surface area contributed by atoms with Crippen LogP contribution in [0.5, 0.6) is 0 Å². The van der Waals surface area contributed by atoms with Crippen molar-refractivity contribution in [2.75, 3.05) is 7.11 Å². The SMILES string of the molecule is C=CCCC[C@@H](NC(=O)[C@H](O)[C@@H](NC(=O)c1ccccc1)c1ccccc1)C(=O)OC. The molecule has 0 saturated heterocycles. The first-order valence-electron chi connectivity index (χ1n) is 10.1. The van der Waals surface area contributed by atoms with Crippen LogP contribution in [0.15, 0.2) is 73.3 Å². The average Bonchev–Trinajstić information content (AvgIpc) is 2.81. The standard InChI is InChI=1S/C24H28N2O5/c1-3-4-7-16-19(24(30)31-2)25-23(29)21(27)20(17-12-8-5-9-13-17)26-22(28)18-14-10-6-11-15-18/h3,5-6,8-15,19-21,27H,1,4,7,16H2,2H3,(H,25,29)(H,26,28)/t19-,20+,21-/m1/s1. The van der Waals surface area contributed by atoms with Gasteiger partial charge in [0, 0.05) is 5.56 Å². The molecular weight excluding hydrogens is 396 g/mol. The van der Waals surface area contributed by atoms with Gasteiger partial charge in [-0.3, -0.25) is 9.59 Å². The smallest absolute Gasteiger partial charge is 0.328 e. The molecule has 0 aliphatic rings. The maximum atomic E-state index is 12.8. The van der Waals surface area contributed by atoms with E-state index in [1.807, 2.05) is 0 Å². The molecule has 2 aromatic rings. The lowest BCUT2D eigenvalue weighted by Gasteiger charge is -2.26. The van der Waals surface area contributed by atoms with Gasteiger partial charge in [-0.1, -0.05) is 54.6 Å². The van der Waals surface area contributed by atoms with Crippen molar-refractivity contribution in [3.05, 3.63) is 84.4 Å². The highest BCUT2D eigenvalue weighted by Crippen LogP contribution is 2.19. The molecular formula is C24H28N2O5. The number of benzene rings is 2. The number of amides is 2. The molecule has 0 saturated carbocycles. The Hall–Kier alpha value is -3.45.